The summed E-state index contributed by atoms with van der Waals surface area (Å²) in [6, 6.07) is 6.20. The Kier molecular flexibility index (Phi) is 3.53. The number of nitrogens with zero attached hydrogens (tertiary/aromatic N) is 5. The van der Waals surface area contributed by atoms with Crippen molar-refractivity contribution in [3.63, 3.8) is 0 Å². The van der Waals surface area contributed by atoms with Gasteiger partial charge < -0.3 is 4.90 Å². The van der Waals surface area contributed by atoms with Crippen LogP contribution in [0.4, 0.5) is 0 Å². The molecule has 1 saturated heterocycles. The highest BCUT2D eigenvalue weighted by molar-refractivity contribution is 5.83. The molecule has 2 aromatic heterocycles. The van der Waals surface area contributed by atoms with Crippen molar-refractivity contribution in [2.24, 2.45) is 0 Å². The number of benzene rings is 1. The maximum atomic E-state index is 12.7. The lowest BCUT2D eigenvalue weighted by Crippen LogP contribution is -2.39. The van der Waals surface area contributed by atoms with Crippen molar-refractivity contribution in [1.29, 1.82) is 0 Å². The summed E-state index contributed by atoms with van der Waals surface area (Å²) >= 11 is 0. The van der Waals surface area contributed by atoms with Crippen LogP contribution in [-0.2, 0) is 17.8 Å². The molecule has 1 atom stereocenters. The third kappa shape index (κ3) is 2.81. The highest BCUT2D eigenvalue weighted by Gasteiger charge is 2.29. The van der Waals surface area contributed by atoms with Gasteiger partial charge >= 0.3 is 0 Å². The van der Waals surface area contributed by atoms with Crippen LogP contribution in [0.3, 0.4) is 0 Å². The second-order valence-corrected chi connectivity index (χ2v) is 5.98. The van der Waals surface area contributed by atoms with Crippen LogP contribution in [0, 0.1) is 0 Å². The molecule has 1 fully saturated rings. The highest BCUT2D eigenvalue weighted by atomic mass is 16.2. The molecule has 1 aliphatic heterocycles. The first-order valence-corrected chi connectivity index (χ1v) is 7.85. The number of rotatable bonds is 4. The average Bonchev–Trinajstić information content (AvgIpc) is 3.28. The van der Waals surface area contributed by atoms with Crippen molar-refractivity contribution in [3.8, 4) is 0 Å². The largest absolute Gasteiger partial charge is 0.338 e. The fraction of sp³-hybridized carbons (Fsp3) is 0.375. The maximum absolute atomic E-state index is 12.7. The van der Waals surface area contributed by atoms with Gasteiger partial charge in [0.2, 0.25) is 5.91 Å². The molecule has 3 aromatic rings. The van der Waals surface area contributed by atoms with E-state index >= 15 is 0 Å². The first kappa shape index (κ1) is 13.9. The average molecular weight is 310 g/mol. The Bertz CT molecular complexity index is 809. The zero-order chi connectivity index (χ0) is 15.6. The minimum Gasteiger partial charge on any atom is -0.338 e. The van der Waals surface area contributed by atoms with E-state index < -0.39 is 0 Å². The van der Waals surface area contributed by atoms with Gasteiger partial charge in [0.25, 0.3) is 0 Å². The number of nitrogens with one attached hydrogen (secondary N) is 1. The maximum Gasteiger partial charge on any atom is 0.227 e. The van der Waals surface area contributed by atoms with Gasteiger partial charge in [-0.25, -0.2) is 0 Å². The molecular formula is C16H18N6O. The molecule has 7 heteroatoms. The highest BCUT2D eigenvalue weighted by Crippen LogP contribution is 2.21. The van der Waals surface area contributed by atoms with Gasteiger partial charge in [-0.2, -0.15) is 5.10 Å². The Labute approximate surface area is 133 Å². The molecule has 0 aliphatic carbocycles. The van der Waals surface area contributed by atoms with Gasteiger partial charge in [-0.05, 0) is 30.5 Å². The number of hydrogen-bond donors (Lipinski definition) is 1. The summed E-state index contributed by atoms with van der Waals surface area (Å²) in [6.07, 6.45) is 7.79. The van der Waals surface area contributed by atoms with Gasteiger partial charge in [-0.3, -0.25) is 14.6 Å². The molecule has 0 bridgehead atoms. The lowest BCUT2D eigenvalue weighted by molar-refractivity contribution is -0.131. The lowest BCUT2D eigenvalue weighted by atomic mass is 10.1. The summed E-state index contributed by atoms with van der Waals surface area (Å²) < 4.78 is 1.80. The number of aromatic nitrogens is 5. The molecule has 0 spiro atoms. The third-order valence-electron chi connectivity index (χ3n) is 4.43. The first-order chi connectivity index (χ1) is 11.3. The van der Waals surface area contributed by atoms with Crippen LogP contribution in [0.5, 0.6) is 0 Å². The molecular weight excluding hydrogens is 292 g/mol. The first-order valence-electron chi connectivity index (χ1n) is 7.85. The molecule has 23 heavy (non-hydrogen) atoms. The van der Waals surface area contributed by atoms with Gasteiger partial charge in [-0.1, -0.05) is 11.3 Å². The number of amides is 1. The summed E-state index contributed by atoms with van der Waals surface area (Å²) in [6.45, 7) is 1.54. The van der Waals surface area contributed by atoms with Crippen LogP contribution in [0.2, 0.25) is 0 Å². The summed E-state index contributed by atoms with van der Waals surface area (Å²) in [4.78, 5) is 14.7. The lowest BCUT2D eigenvalue weighted by Gasteiger charge is -2.24. The zero-order valence-corrected chi connectivity index (χ0v) is 12.7. The minimum absolute atomic E-state index is 0.176. The van der Waals surface area contributed by atoms with Gasteiger partial charge in [0.1, 0.15) is 0 Å². The van der Waals surface area contributed by atoms with E-state index in [2.05, 4.69) is 20.5 Å². The molecule has 4 rings (SSSR count). The second kappa shape index (κ2) is 5.83. The topological polar surface area (TPSA) is 79.7 Å². The predicted octanol–water partition coefficient (Wildman–Crippen LogP) is 1.39. The van der Waals surface area contributed by atoms with E-state index in [0.29, 0.717) is 13.0 Å². The Morgan fingerprint density at radius 3 is 3.22 bits per heavy atom. The quantitative estimate of drug-likeness (QED) is 0.789. The molecule has 3 heterocycles. The van der Waals surface area contributed by atoms with Crippen LogP contribution in [-0.4, -0.2) is 48.6 Å². The van der Waals surface area contributed by atoms with Crippen molar-refractivity contribution < 1.29 is 4.79 Å². The molecule has 1 aromatic carbocycles. The second-order valence-electron chi connectivity index (χ2n) is 5.98. The van der Waals surface area contributed by atoms with E-state index in [4.69, 9.17) is 0 Å². The van der Waals surface area contributed by atoms with E-state index in [1.165, 1.54) is 0 Å². The monoisotopic (exact) mass is 310 g/mol. The van der Waals surface area contributed by atoms with Crippen molar-refractivity contribution in [1.82, 2.24) is 30.1 Å². The van der Waals surface area contributed by atoms with Crippen molar-refractivity contribution in [2.75, 3.05) is 6.54 Å². The number of aromatic amines is 1. The van der Waals surface area contributed by atoms with E-state index in [9.17, 15) is 4.79 Å². The predicted molar refractivity (Wildman–Crippen MR) is 84.6 cm³/mol. The number of fused-ring (bicyclic) bond motifs is 1. The number of carbonyl (C=O) groups is 1. The van der Waals surface area contributed by atoms with Crippen LogP contribution >= 0.6 is 0 Å². The van der Waals surface area contributed by atoms with E-state index in [1.807, 2.05) is 29.3 Å². The minimum atomic E-state index is 0.176. The fourth-order valence-corrected chi connectivity index (χ4v) is 3.28. The number of carbonyl (C=O) groups excluding carboxylic acids is 1. The SMILES string of the molecule is O=C(Cc1ccc2[nH]ncc2c1)N1CCC[C@H]1Cn1ccnn1. The molecule has 1 N–H and O–H groups in total. The van der Waals surface area contributed by atoms with Crippen molar-refractivity contribution in [2.45, 2.75) is 31.8 Å². The number of likely N-dealkylation sites (tertiary alicyclic amines) is 1. The molecule has 1 aliphatic rings. The molecule has 118 valence electrons. The van der Waals surface area contributed by atoms with Crippen molar-refractivity contribution in [3.05, 3.63) is 42.4 Å². The fourth-order valence-electron chi connectivity index (χ4n) is 3.28. The van der Waals surface area contributed by atoms with E-state index in [0.717, 1.165) is 35.9 Å². The van der Waals surface area contributed by atoms with Crippen LogP contribution < -0.4 is 0 Å². The number of hydrogen-bond acceptors (Lipinski definition) is 4. The third-order valence-corrected chi connectivity index (χ3v) is 4.43. The van der Waals surface area contributed by atoms with Gasteiger partial charge in [0, 0.05) is 18.1 Å². The summed E-state index contributed by atoms with van der Waals surface area (Å²) in [5, 5.41) is 15.8. The molecule has 0 unspecified atom stereocenters. The molecule has 0 saturated carbocycles. The van der Waals surface area contributed by atoms with Crippen molar-refractivity contribution >= 4 is 16.8 Å². The van der Waals surface area contributed by atoms with Crippen LogP contribution in [0.1, 0.15) is 18.4 Å². The Morgan fingerprint density at radius 1 is 1.39 bits per heavy atom. The molecule has 0 radical (unpaired) electrons. The Balaban J connectivity index is 1.46. The van der Waals surface area contributed by atoms with E-state index in [1.54, 1.807) is 17.1 Å². The molecule has 7 nitrogen and oxygen atoms in total. The van der Waals surface area contributed by atoms with Crippen LogP contribution in [0.25, 0.3) is 10.9 Å². The molecule has 1 amide bonds. The number of H-pyrrole nitrogens is 1. The normalized spacial score (nSPS) is 17.9. The zero-order valence-electron chi connectivity index (χ0n) is 12.7. The Morgan fingerprint density at radius 2 is 2.35 bits per heavy atom. The summed E-state index contributed by atoms with van der Waals surface area (Å²) in [7, 11) is 0. The standard InChI is InChI=1S/C16H18N6O/c23-16(9-12-3-4-15-13(8-12)10-18-19-15)22-6-1-2-14(22)11-21-7-5-17-20-21/h3-5,7-8,10,14H,1-2,6,9,11H2,(H,18,19)/t14-/m0/s1. The van der Waals surface area contributed by atoms with E-state index in [-0.39, 0.29) is 11.9 Å². The van der Waals surface area contributed by atoms with Gasteiger partial charge in [-0.15, -0.1) is 5.10 Å². The summed E-state index contributed by atoms with van der Waals surface area (Å²) in [5.74, 6) is 0.176. The van der Waals surface area contributed by atoms with Gasteiger partial charge in [0.05, 0.1) is 36.9 Å². The van der Waals surface area contributed by atoms with Gasteiger partial charge in [0.15, 0.2) is 0 Å². The summed E-state index contributed by atoms with van der Waals surface area (Å²) in [5.41, 5.74) is 2.02. The smallest absolute Gasteiger partial charge is 0.227 e. The van der Waals surface area contributed by atoms with Crippen LogP contribution in [0.15, 0.2) is 36.8 Å². The Hall–Kier alpha value is -2.70.